The SMILES string of the molecule is [2H]C([2H])(O)c1cc(Cl)cc2c1O[C@@H](C(F)(F)F)C(C(=O)O)=C2. The fourth-order valence-electron chi connectivity index (χ4n) is 1.78. The number of ether oxygens (including phenoxy) is 1. The van der Waals surface area contributed by atoms with E-state index in [0.29, 0.717) is 6.08 Å². The molecule has 0 amide bonds. The number of rotatable bonds is 2. The van der Waals surface area contributed by atoms with Gasteiger partial charge >= 0.3 is 12.1 Å². The van der Waals surface area contributed by atoms with Crippen LogP contribution in [-0.4, -0.2) is 28.5 Å². The van der Waals surface area contributed by atoms with E-state index in [1.54, 1.807) is 0 Å². The molecule has 8 heteroatoms. The van der Waals surface area contributed by atoms with Gasteiger partial charge < -0.3 is 14.9 Å². The first-order valence-corrected chi connectivity index (χ1v) is 5.53. The maximum Gasteiger partial charge on any atom is 0.430 e. The summed E-state index contributed by atoms with van der Waals surface area (Å²) in [4.78, 5) is 11.0. The second-order valence-corrected chi connectivity index (χ2v) is 4.36. The lowest BCUT2D eigenvalue weighted by Crippen LogP contribution is -2.40. The Morgan fingerprint density at radius 2 is 2.15 bits per heavy atom. The zero-order valence-corrected chi connectivity index (χ0v) is 10.3. The number of fused-ring (bicyclic) bond motifs is 1. The lowest BCUT2D eigenvalue weighted by Gasteiger charge is -2.28. The highest BCUT2D eigenvalue weighted by molar-refractivity contribution is 6.30. The second-order valence-electron chi connectivity index (χ2n) is 3.93. The van der Waals surface area contributed by atoms with Crippen molar-refractivity contribution >= 4 is 23.6 Å². The molecular weight excluding hydrogens is 301 g/mol. The summed E-state index contributed by atoms with van der Waals surface area (Å²) in [5.41, 5.74) is -1.85. The summed E-state index contributed by atoms with van der Waals surface area (Å²) >= 11 is 5.71. The number of alkyl halides is 3. The summed E-state index contributed by atoms with van der Waals surface area (Å²) < 4.78 is 57.9. The maximum atomic E-state index is 12.9. The standard InChI is InChI=1S/C12H8ClF3O4/c13-7-1-5-3-8(11(18)19)10(12(14,15)16)20-9(5)6(2-7)4-17/h1-3,10,17H,4H2,(H,18,19)/t10-/m1/s1/i4D2. The van der Waals surface area contributed by atoms with Crippen molar-refractivity contribution in [2.45, 2.75) is 18.8 Å². The molecule has 0 bridgehead atoms. The van der Waals surface area contributed by atoms with E-state index in [0.717, 1.165) is 12.1 Å². The molecule has 1 aliphatic rings. The number of benzene rings is 1. The van der Waals surface area contributed by atoms with Gasteiger partial charge in [0, 0.05) is 16.1 Å². The van der Waals surface area contributed by atoms with Gasteiger partial charge in [-0.1, -0.05) is 11.6 Å². The molecule has 4 nitrogen and oxygen atoms in total. The Labute approximate surface area is 118 Å². The number of carbonyl (C=O) groups is 1. The third-order valence-electron chi connectivity index (χ3n) is 2.58. The number of aliphatic hydroxyl groups is 1. The largest absolute Gasteiger partial charge is 0.478 e. The van der Waals surface area contributed by atoms with E-state index in [-0.39, 0.29) is 10.6 Å². The molecule has 0 fully saturated rings. The van der Waals surface area contributed by atoms with Crippen molar-refractivity contribution in [3.8, 4) is 5.75 Å². The minimum absolute atomic E-state index is 0.0956. The van der Waals surface area contributed by atoms with Gasteiger partial charge in [-0.2, -0.15) is 13.2 Å². The molecule has 0 unspecified atom stereocenters. The first kappa shape index (κ1) is 12.0. The molecule has 0 saturated carbocycles. The first-order valence-electron chi connectivity index (χ1n) is 6.16. The minimum Gasteiger partial charge on any atom is -0.478 e. The Bertz CT molecular complexity index is 668. The van der Waals surface area contributed by atoms with Crippen LogP contribution in [0.4, 0.5) is 13.2 Å². The summed E-state index contributed by atoms with van der Waals surface area (Å²) in [7, 11) is 0. The summed E-state index contributed by atoms with van der Waals surface area (Å²) in [6.07, 6.45) is -7.11. The molecule has 0 saturated heterocycles. The van der Waals surface area contributed by atoms with Gasteiger partial charge in [0.25, 0.3) is 0 Å². The van der Waals surface area contributed by atoms with Gasteiger partial charge in [0.15, 0.2) is 0 Å². The van der Waals surface area contributed by atoms with Gasteiger partial charge in [0.05, 0.1) is 14.9 Å². The normalized spacial score (nSPS) is 20.2. The first-order chi connectivity index (χ1) is 9.91. The molecule has 108 valence electrons. The van der Waals surface area contributed by atoms with Crippen molar-refractivity contribution in [2.75, 3.05) is 0 Å². The molecule has 1 aromatic carbocycles. The van der Waals surface area contributed by atoms with Gasteiger partial charge in [0.2, 0.25) is 6.10 Å². The number of aliphatic carboxylic acids is 1. The smallest absolute Gasteiger partial charge is 0.430 e. The molecule has 1 atom stereocenters. The quantitative estimate of drug-likeness (QED) is 0.881. The third kappa shape index (κ3) is 2.59. The molecule has 20 heavy (non-hydrogen) atoms. The number of carboxylic acids is 1. The molecule has 1 aliphatic heterocycles. The zero-order valence-electron chi connectivity index (χ0n) is 11.5. The van der Waals surface area contributed by atoms with Crippen LogP contribution in [0, 0.1) is 0 Å². The lowest BCUT2D eigenvalue weighted by molar-refractivity contribution is -0.187. The fraction of sp³-hybridized carbons (Fsp3) is 0.250. The molecule has 2 N–H and O–H groups in total. The summed E-state index contributed by atoms with van der Waals surface area (Å²) in [5, 5.41) is 18.2. The van der Waals surface area contributed by atoms with E-state index in [4.69, 9.17) is 19.4 Å². The minimum atomic E-state index is -5.03. The molecule has 0 radical (unpaired) electrons. The van der Waals surface area contributed by atoms with Gasteiger partial charge in [-0.25, -0.2) is 4.79 Å². The molecule has 1 aromatic rings. The Morgan fingerprint density at radius 3 is 2.65 bits per heavy atom. The van der Waals surface area contributed by atoms with E-state index < -0.39 is 41.7 Å². The Kier molecular flexibility index (Phi) is 3.00. The van der Waals surface area contributed by atoms with Gasteiger partial charge in [0.1, 0.15) is 5.75 Å². The number of halogens is 4. The van der Waals surface area contributed by atoms with E-state index in [1.807, 2.05) is 0 Å². The summed E-state index contributed by atoms with van der Waals surface area (Å²) in [6.45, 7) is -3.01. The number of carboxylic acid groups (broad SMARTS) is 1. The van der Waals surface area contributed by atoms with Crippen LogP contribution in [0.5, 0.6) is 5.75 Å². The van der Waals surface area contributed by atoms with Gasteiger partial charge in [-0.05, 0) is 18.2 Å². The zero-order chi connectivity index (χ0) is 16.9. The van der Waals surface area contributed by atoms with Crippen LogP contribution in [0.15, 0.2) is 17.7 Å². The second kappa shape index (κ2) is 4.99. The average Bonchev–Trinajstić information content (AvgIpc) is 2.33. The van der Waals surface area contributed by atoms with Crippen molar-refractivity contribution in [3.05, 3.63) is 33.9 Å². The van der Waals surface area contributed by atoms with Crippen LogP contribution >= 0.6 is 11.6 Å². The van der Waals surface area contributed by atoms with Crippen molar-refractivity contribution < 1.29 is 35.7 Å². The van der Waals surface area contributed by atoms with Crippen molar-refractivity contribution in [1.82, 2.24) is 0 Å². The van der Waals surface area contributed by atoms with Crippen molar-refractivity contribution in [2.24, 2.45) is 0 Å². The van der Waals surface area contributed by atoms with E-state index in [2.05, 4.69) is 4.74 Å². The van der Waals surface area contributed by atoms with Crippen LogP contribution in [-0.2, 0) is 11.4 Å². The van der Waals surface area contributed by atoms with Crippen LogP contribution in [0.2, 0.25) is 5.02 Å². The van der Waals surface area contributed by atoms with Gasteiger partial charge in [-0.3, -0.25) is 0 Å². The van der Waals surface area contributed by atoms with E-state index >= 15 is 0 Å². The highest BCUT2D eigenvalue weighted by Gasteiger charge is 2.48. The van der Waals surface area contributed by atoms with E-state index in [1.165, 1.54) is 0 Å². The van der Waals surface area contributed by atoms with Crippen LogP contribution in [0.1, 0.15) is 13.9 Å². The fourth-order valence-corrected chi connectivity index (χ4v) is 2.00. The third-order valence-corrected chi connectivity index (χ3v) is 2.79. The summed E-state index contributed by atoms with van der Waals surface area (Å²) in [6, 6.07) is 2.02. The van der Waals surface area contributed by atoms with E-state index in [9.17, 15) is 23.1 Å². The molecule has 0 aliphatic carbocycles. The predicted molar refractivity (Wildman–Crippen MR) is 63.5 cm³/mol. The number of hydrogen-bond acceptors (Lipinski definition) is 3. The van der Waals surface area contributed by atoms with Crippen molar-refractivity contribution in [1.29, 1.82) is 0 Å². The Hall–Kier alpha value is -1.73. The van der Waals surface area contributed by atoms with Crippen LogP contribution in [0.3, 0.4) is 0 Å². The highest BCUT2D eigenvalue weighted by Crippen LogP contribution is 2.40. The summed E-state index contributed by atoms with van der Waals surface area (Å²) in [5.74, 6) is -2.44. The molecule has 2 rings (SSSR count). The maximum absolute atomic E-state index is 12.9. The predicted octanol–water partition coefficient (Wildman–Crippen LogP) is 2.62. The molecule has 0 aromatic heterocycles. The lowest BCUT2D eigenvalue weighted by atomic mass is 9.99. The van der Waals surface area contributed by atoms with Gasteiger partial charge in [-0.15, -0.1) is 0 Å². The average molecular weight is 311 g/mol. The highest BCUT2D eigenvalue weighted by atomic mass is 35.5. The Balaban J connectivity index is 2.71. The number of hydrogen-bond donors (Lipinski definition) is 2. The molecule has 1 heterocycles. The van der Waals surface area contributed by atoms with Crippen LogP contribution in [0.25, 0.3) is 6.08 Å². The Morgan fingerprint density at radius 1 is 1.50 bits per heavy atom. The molecular formula is C12H8ClF3O4. The van der Waals surface area contributed by atoms with Crippen LogP contribution < -0.4 is 4.74 Å². The molecule has 0 spiro atoms. The van der Waals surface area contributed by atoms with Crippen molar-refractivity contribution in [3.63, 3.8) is 0 Å². The topological polar surface area (TPSA) is 66.8 Å². The monoisotopic (exact) mass is 310 g/mol.